The van der Waals surface area contributed by atoms with E-state index in [1.807, 2.05) is 6.20 Å². The number of hydrogen-bond acceptors (Lipinski definition) is 3. The third-order valence-corrected chi connectivity index (χ3v) is 3.24. The molecule has 0 aromatic carbocycles. The first-order chi connectivity index (χ1) is 8.33. The van der Waals surface area contributed by atoms with Crippen LogP contribution in [-0.4, -0.2) is 29.0 Å². The predicted octanol–water partition coefficient (Wildman–Crippen LogP) is 2.89. The Balaban J connectivity index is 1.94. The van der Waals surface area contributed by atoms with Gasteiger partial charge in [0.1, 0.15) is 5.82 Å². The zero-order valence-corrected chi connectivity index (χ0v) is 10.9. The van der Waals surface area contributed by atoms with Crippen molar-refractivity contribution in [1.29, 1.82) is 0 Å². The fourth-order valence-electron chi connectivity index (χ4n) is 2.10. The summed E-state index contributed by atoms with van der Waals surface area (Å²) in [6.45, 7) is 7.62. The van der Waals surface area contributed by atoms with Gasteiger partial charge in [0, 0.05) is 25.3 Å². The van der Waals surface area contributed by atoms with Crippen molar-refractivity contribution in [3.63, 3.8) is 0 Å². The average molecular weight is 233 g/mol. The van der Waals surface area contributed by atoms with Gasteiger partial charge in [-0.1, -0.05) is 13.8 Å². The molecule has 3 heteroatoms. The van der Waals surface area contributed by atoms with Crippen LogP contribution in [0.25, 0.3) is 0 Å². The van der Waals surface area contributed by atoms with Crippen LogP contribution in [0.3, 0.4) is 0 Å². The van der Waals surface area contributed by atoms with E-state index in [1.54, 1.807) is 0 Å². The van der Waals surface area contributed by atoms with Gasteiger partial charge in [0.05, 0.1) is 0 Å². The highest BCUT2D eigenvalue weighted by Crippen LogP contribution is 2.28. The molecule has 0 amide bonds. The fraction of sp³-hybridized carbons (Fsp3) is 0.643. The molecule has 0 spiro atoms. The molecule has 17 heavy (non-hydrogen) atoms. The molecule has 94 valence electrons. The summed E-state index contributed by atoms with van der Waals surface area (Å²) in [5.41, 5.74) is 1.37. The molecule has 0 atom stereocenters. The van der Waals surface area contributed by atoms with Gasteiger partial charge in [-0.25, -0.2) is 4.98 Å². The van der Waals surface area contributed by atoms with Crippen molar-refractivity contribution >= 4 is 5.82 Å². The predicted molar refractivity (Wildman–Crippen MR) is 72.1 cm³/mol. The Morgan fingerprint density at radius 3 is 2.88 bits per heavy atom. The van der Waals surface area contributed by atoms with Crippen LogP contribution in [0.2, 0.25) is 0 Å². The zero-order valence-electron chi connectivity index (χ0n) is 10.9. The van der Waals surface area contributed by atoms with Crippen molar-refractivity contribution in [2.24, 2.45) is 0 Å². The Hall–Kier alpha value is -1.09. The Labute approximate surface area is 104 Å². The Kier molecular flexibility index (Phi) is 4.37. The molecule has 1 fully saturated rings. The Bertz CT molecular complexity index is 347. The summed E-state index contributed by atoms with van der Waals surface area (Å²) >= 11 is 0. The van der Waals surface area contributed by atoms with Gasteiger partial charge in [0.25, 0.3) is 0 Å². The average Bonchev–Trinajstić information content (AvgIpc) is 3.18. The third-order valence-electron chi connectivity index (χ3n) is 3.24. The third kappa shape index (κ3) is 3.70. The molecule has 0 aliphatic heterocycles. The molecule has 0 radical (unpaired) electrons. The van der Waals surface area contributed by atoms with E-state index in [0.29, 0.717) is 0 Å². The molecule has 0 unspecified atom stereocenters. The maximum Gasteiger partial charge on any atom is 0.126 e. The maximum absolute atomic E-state index is 4.34. The van der Waals surface area contributed by atoms with Gasteiger partial charge in [-0.05, 0) is 43.5 Å². The van der Waals surface area contributed by atoms with Crippen LogP contribution in [0.15, 0.2) is 18.3 Å². The molecule has 2 rings (SSSR count). The highest BCUT2D eigenvalue weighted by atomic mass is 15.2. The summed E-state index contributed by atoms with van der Waals surface area (Å²) < 4.78 is 0. The molecule has 3 nitrogen and oxygen atoms in total. The van der Waals surface area contributed by atoms with E-state index < -0.39 is 0 Å². The van der Waals surface area contributed by atoms with Gasteiger partial charge < -0.3 is 5.32 Å². The second kappa shape index (κ2) is 6.01. The largest absolute Gasteiger partial charge is 0.370 e. The lowest BCUT2D eigenvalue weighted by Gasteiger charge is -2.20. The highest BCUT2D eigenvalue weighted by Gasteiger charge is 2.27. The summed E-state index contributed by atoms with van der Waals surface area (Å²) in [6.07, 6.45) is 5.79. The van der Waals surface area contributed by atoms with Crippen LogP contribution in [0.5, 0.6) is 0 Å². The van der Waals surface area contributed by atoms with Crippen LogP contribution < -0.4 is 5.32 Å². The first-order valence-corrected chi connectivity index (χ1v) is 6.76. The molecule has 1 aliphatic rings. The highest BCUT2D eigenvalue weighted by molar-refractivity contribution is 5.37. The van der Waals surface area contributed by atoms with Crippen LogP contribution in [0.4, 0.5) is 5.82 Å². The van der Waals surface area contributed by atoms with E-state index in [-0.39, 0.29) is 0 Å². The monoisotopic (exact) mass is 233 g/mol. The van der Waals surface area contributed by atoms with E-state index in [2.05, 4.69) is 41.2 Å². The van der Waals surface area contributed by atoms with Gasteiger partial charge in [-0.3, -0.25) is 4.90 Å². The van der Waals surface area contributed by atoms with Crippen molar-refractivity contribution in [2.45, 2.75) is 45.7 Å². The number of nitrogens with zero attached hydrogens (tertiary/aromatic N) is 2. The number of rotatable bonds is 7. The lowest BCUT2D eigenvalue weighted by molar-refractivity contribution is 0.269. The van der Waals surface area contributed by atoms with Crippen molar-refractivity contribution < 1.29 is 0 Å². The lowest BCUT2D eigenvalue weighted by Crippen LogP contribution is -2.25. The van der Waals surface area contributed by atoms with Crippen molar-refractivity contribution in [2.75, 3.05) is 18.4 Å². The minimum Gasteiger partial charge on any atom is -0.370 e. The van der Waals surface area contributed by atoms with Gasteiger partial charge >= 0.3 is 0 Å². The molecule has 1 aromatic heterocycles. The van der Waals surface area contributed by atoms with Crippen molar-refractivity contribution in [1.82, 2.24) is 9.88 Å². The van der Waals surface area contributed by atoms with Gasteiger partial charge in [0.2, 0.25) is 0 Å². The van der Waals surface area contributed by atoms with E-state index in [4.69, 9.17) is 0 Å². The fourth-order valence-corrected chi connectivity index (χ4v) is 2.10. The number of nitrogens with one attached hydrogen (secondary N) is 1. The first kappa shape index (κ1) is 12.4. The summed E-state index contributed by atoms with van der Waals surface area (Å²) in [6, 6.07) is 5.14. The number of aromatic nitrogens is 1. The molecule has 1 aromatic rings. The second-order valence-electron chi connectivity index (χ2n) is 4.77. The Morgan fingerprint density at radius 2 is 2.24 bits per heavy atom. The molecule has 1 N–H and O–H groups in total. The van der Waals surface area contributed by atoms with Gasteiger partial charge in [-0.2, -0.15) is 0 Å². The molecule has 0 saturated heterocycles. The summed E-state index contributed by atoms with van der Waals surface area (Å²) in [4.78, 5) is 6.90. The Morgan fingerprint density at radius 1 is 1.41 bits per heavy atom. The lowest BCUT2D eigenvalue weighted by atomic mass is 10.2. The van der Waals surface area contributed by atoms with Crippen LogP contribution >= 0.6 is 0 Å². The van der Waals surface area contributed by atoms with Crippen LogP contribution in [0, 0.1) is 0 Å². The van der Waals surface area contributed by atoms with Gasteiger partial charge in [-0.15, -0.1) is 0 Å². The SMILES string of the molecule is CCCNc1cc(CN(CC)C2CC2)ccn1. The molecular formula is C14H23N3. The minimum absolute atomic E-state index is 0.834. The summed E-state index contributed by atoms with van der Waals surface area (Å²) in [7, 11) is 0. The standard InChI is InChI=1S/C14H23N3/c1-3-8-15-14-10-12(7-9-16-14)11-17(4-2)13-5-6-13/h7,9-10,13H,3-6,8,11H2,1-2H3,(H,15,16). The summed E-state index contributed by atoms with van der Waals surface area (Å²) in [5, 5.41) is 3.34. The van der Waals surface area contributed by atoms with Crippen LogP contribution in [0.1, 0.15) is 38.7 Å². The van der Waals surface area contributed by atoms with E-state index in [1.165, 1.54) is 18.4 Å². The van der Waals surface area contributed by atoms with Crippen LogP contribution in [-0.2, 0) is 6.54 Å². The quantitative estimate of drug-likeness (QED) is 0.785. The molecular weight excluding hydrogens is 210 g/mol. The van der Waals surface area contributed by atoms with Crippen molar-refractivity contribution in [3.8, 4) is 0 Å². The molecule has 0 bridgehead atoms. The molecule has 1 aliphatic carbocycles. The normalized spacial score (nSPS) is 15.2. The molecule has 1 saturated carbocycles. The number of hydrogen-bond donors (Lipinski definition) is 1. The maximum atomic E-state index is 4.34. The topological polar surface area (TPSA) is 28.2 Å². The first-order valence-electron chi connectivity index (χ1n) is 6.76. The molecule has 1 heterocycles. The zero-order chi connectivity index (χ0) is 12.1. The minimum atomic E-state index is 0.834. The van der Waals surface area contributed by atoms with E-state index >= 15 is 0 Å². The number of pyridine rings is 1. The van der Waals surface area contributed by atoms with E-state index in [0.717, 1.165) is 37.9 Å². The number of anilines is 1. The smallest absolute Gasteiger partial charge is 0.126 e. The van der Waals surface area contributed by atoms with E-state index in [9.17, 15) is 0 Å². The summed E-state index contributed by atoms with van der Waals surface area (Å²) in [5.74, 6) is 1.01. The second-order valence-corrected chi connectivity index (χ2v) is 4.77. The van der Waals surface area contributed by atoms with Gasteiger partial charge in [0.15, 0.2) is 0 Å². The van der Waals surface area contributed by atoms with Crippen molar-refractivity contribution in [3.05, 3.63) is 23.9 Å².